The number of carbonyl (C=O) groups is 1. The van der Waals surface area contributed by atoms with Crippen molar-refractivity contribution in [2.45, 2.75) is 25.9 Å². The molecule has 1 amide bonds. The summed E-state index contributed by atoms with van der Waals surface area (Å²) in [4.78, 5) is 18.0. The number of aryl methyl sites for hydroxylation is 1. The van der Waals surface area contributed by atoms with Gasteiger partial charge in [-0.15, -0.1) is 0 Å². The fourth-order valence-electron chi connectivity index (χ4n) is 1.66. The predicted molar refractivity (Wildman–Crippen MR) is 76.4 cm³/mol. The highest BCUT2D eigenvalue weighted by Crippen LogP contribution is 2.05. The van der Waals surface area contributed by atoms with Crippen molar-refractivity contribution >= 4 is 17.7 Å². The van der Waals surface area contributed by atoms with E-state index in [0.717, 1.165) is 17.1 Å². The molecule has 0 fully saturated rings. The van der Waals surface area contributed by atoms with E-state index >= 15 is 0 Å². The van der Waals surface area contributed by atoms with Crippen LogP contribution in [-0.4, -0.2) is 40.9 Å². The second-order valence-electron chi connectivity index (χ2n) is 4.35. The molecule has 2 N–H and O–H groups in total. The SMILES string of the molecule is CSCC[C@H](N)C(=O)N(C)Cc1cccc(C)n1. The lowest BCUT2D eigenvalue weighted by Crippen LogP contribution is -2.41. The number of amides is 1. The number of hydrogen-bond acceptors (Lipinski definition) is 4. The summed E-state index contributed by atoms with van der Waals surface area (Å²) in [6.07, 6.45) is 2.73. The van der Waals surface area contributed by atoms with Crippen molar-refractivity contribution < 1.29 is 4.79 Å². The zero-order chi connectivity index (χ0) is 13.5. The molecule has 0 bridgehead atoms. The number of thioether (sulfide) groups is 1. The average Bonchev–Trinajstić information content (AvgIpc) is 2.35. The number of rotatable bonds is 6. The van der Waals surface area contributed by atoms with Gasteiger partial charge in [-0.05, 0) is 37.5 Å². The molecule has 0 aliphatic carbocycles. The number of likely N-dealkylation sites (N-methyl/N-ethyl adjacent to an activating group) is 1. The van der Waals surface area contributed by atoms with E-state index in [2.05, 4.69) is 4.98 Å². The standard InChI is InChI=1S/C13H21N3OS/c1-10-5-4-6-11(15-10)9-16(2)13(17)12(14)7-8-18-3/h4-6,12H,7-9,14H2,1-3H3/t12-/m0/s1. The quantitative estimate of drug-likeness (QED) is 0.847. The van der Waals surface area contributed by atoms with Gasteiger partial charge in [0.05, 0.1) is 18.3 Å². The monoisotopic (exact) mass is 267 g/mol. The third-order valence-electron chi connectivity index (χ3n) is 2.67. The number of aromatic nitrogens is 1. The van der Waals surface area contributed by atoms with Crippen LogP contribution in [0.3, 0.4) is 0 Å². The molecule has 5 heteroatoms. The topological polar surface area (TPSA) is 59.2 Å². The minimum absolute atomic E-state index is 0.0210. The summed E-state index contributed by atoms with van der Waals surface area (Å²) in [5.74, 6) is 0.885. The van der Waals surface area contributed by atoms with E-state index in [1.807, 2.05) is 31.4 Å². The summed E-state index contributed by atoms with van der Waals surface area (Å²) in [7, 11) is 1.77. The van der Waals surface area contributed by atoms with E-state index in [0.29, 0.717) is 13.0 Å². The molecule has 0 unspecified atom stereocenters. The molecule has 0 aliphatic rings. The van der Waals surface area contributed by atoms with Crippen LogP contribution in [0.1, 0.15) is 17.8 Å². The van der Waals surface area contributed by atoms with E-state index in [4.69, 9.17) is 5.73 Å². The van der Waals surface area contributed by atoms with Crippen molar-refractivity contribution in [2.75, 3.05) is 19.1 Å². The second-order valence-corrected chi connectivity index (χ2v) is 5.34. The Kier molecular flexibility index (Phi) is 6.15. The Bertz CT molecular complexity index is 398. The van der Waals surface area contributed by atoms with Crippen LogP contribution in [0.25, 0.3) is 0 Å². The molecule has 18 heavy (non-hydrogen) atoms. The molecule has 1 heterocycles. The lowest BCUT2D eigenvalue weighted by Gasteiger charge is -2.21. The third-order valence-corrected chi connectivity index (χ3v) is 3.32. The molecule has 0 aromatic carbocycles. The first-order chi connectivity index (χ1) is 8.54. The van der Waals surface area contributed by atoms with E-state index in [1.54, 1.807) is 23.7 Å². The van der Waals surface area contributed by atoms with E-state index in [-0.39, 0.29) is 5.91 Å². The average molecular weight is 267 g/mol. The first-order valence-corrected chi connectivity index (χ1v) is 7.36. The Balaban J connectivity index is 2.54. The molecule has 100 valence electrons. The largest absolute Gasteiger partial charge is 0.339 e. The van der Waals surface area contributed by atoms with Gasteiger partial charge >= 0.3 is 0 Å². The third kappa shape index (κ3) is 4.66. The maximum Gasteiger partial charge on any atom is 0.239 e. The Labute approximate surface area is 113 Å². The first kappa shape index (κ1) is 15.0. The highest BCUT2D eigenvalue weighted by Gasteiger charge is 2.17. The van der Waals surface area contributed by atoms with Crippen molar-refractivity contribution in [3.63, 3.8) is 0 Å². The van der Waals surface area contributed by atoms with Crippen molar-refractivity contribution in [1.82, 2.24) is 9.88 Å². The zero-order valence-electron chi connectivity index (χ0n) is 11.2. The van der Waals surface area contributed by atoms with Crippen LogP contribution in [-0.2, 0) is 11.3 Å². The van der Waals surface area contributed by atoms with Gasteiger partial charge in [-0.1, -0.05) is 6.07 Å². The zero-order valence-corrected chi connectivity index (χ0v) is 12.0. The van der Waals surface area contributed by atoms with Gasteiger partial charge in [0.1, 0.15) is 0 Å². The van der Waals surface area contributed by atoms with Gasteiger partial charge in [-0.2, -0.15) is 11.8 Å². The Morgan fingerprint density at radius 1 is 1.56 bits per heavy atom. The fraction of sp³-hybridized carbons (Fsp3) is 0.538. The molecule has 1 rings (SSSR count). The maximum atomic E-state index is 12.0. The minimum Gasteiger partial charge on any atom is -0.339 e. The highest BCUT2D eigenvalue weighted by atomic mass is 32.2. The number of nitrogens with two attached hydrogens (primary N) is 1. The number of pyridine rings is 1. The molecular formula is C13H21N3OS. The van der Waals surface area contributed by atoms with Crippen molar-refractivity contribution in [2.24, 2.45) is 5.73 Å². The van der Waals surface area contributed by atoms with Gasteiger partial charge < -0.3 is 10.6 Å². The van der Waals surface area contributed by atoms with Crippen LogP contribution < -0.4 is 5.73 Å². The van der Waals surface area contributed by atoms with Crippen molar-refractivity contribution in [3.05, 3.63) is 29.6 Å². The Hall–Kier alpha value is -1.07. The van der Waals surface area contributed by atoms with Gasteiger partial charge in [0.2, 0.25) is 5.91 Å². The molecule has 1 aromatic rings. The van der Waals surface area contributed by atoms with Gasteiger partial charge in [-0.3, -0.25) is 9.78 Å². The molecule has 1 aromatic heterocycles. The molecule has 1 atom stereocenters. The summed E-state index contributed by atoms with van der Waals surface area (Å²) in [5, 5.41) is 0. The predicted octanol–water partition coefficient (Wildman–Crippen LogP) is 1.43. The summed E-state index contributed by atoms with van der Waals surface area (Å²) < 4.78 is 0. The highest BCUT2D eigenvalue weighted by molar-refractivity contribution is 7.98. The lowest BCUT2D eigenvalue weighted by atomic mass is 10.2. The van der Waals surface area contributed by atoms with Crippen LogP contribution in [0, 0.1) is 6.92 Å². The van der Waals surface area contributed by atoms with Gasteiger partial charge in [0.15, 0.2) is 0 Å². The summed E-state index contributed by atoms with van der Waals surface area (Å²) in [5.41, 5.74) is 7.71. The number of nitrogens with zero attached hydrogens (tertiary/aromatic N) is 2. The maximum absolute atomic E-state index is 12.0. The van der Waals surface area contributed by atoms with E-state index < -0.39 is 6.04 Å². The molecule has 0 spiro atoms. The van der Waals surface area contributed by atoms with E-state index in [1.165, 1.54) is 0 Å². The summed E-state index contributed by atoms with van der Waals surface area (Å²) in [6.45, 7) is 2.45. The van der Waals surface area contributed by atoms with Crippen LogP contribution in [0.15, 0.2) is 18.2 Å². The number of carbonyl (C=O) groups excluding carboxylic acids is 1. The van der Waals surface area contributed by atoms with Gasteiger partial charge in [0.25, 0.3) is 0 Å². The van der Waals surface area contributed by atoms with Crippen LogP contribution in [0.4, 0.5) is 0 Å². The molecule has 0 radical (unpaired) electrons. The fourth-order valence-corrected chi connectivity index (χ4v) is 2.15. The summed E-state index contributed by atoms with van der Waals surface area (Å²) in [6, 6.07) is 5.40. The normalized spacial score (nSPS) is 12.2. The molecule has 0 saturated carbocycles. The summed E-state index contributed by atoms with van der Waals surface area (Å²) >= 11 is 1.70. The molecular weight excluding hydrogens is 246 g/mol. The number of hydrogen-bond donors (Lipinski definition) is 1. The van der Waals surface area contributed by atoms with Gasteiger partial charge in [0, 0.05) is 12.7 Å². The molecule has 0 saturated heterocycles. The first-order valence-electron chi connectivity index (χ1n) is 5.96. The molecule has 0 aliphatic heterocycles. The molecule has 4 nitrogen and oxygen atoms in total. The smallest absolute Gasteiger partial charge is 0.239 e. The second kappa shape index (κ2) is 7.38. The van der Waals surface area contributed by atoms with Gasteiger partial charge in [-0.25, -0.2) is 0 Å². The van der Waals surface area contributed by atoms with Crippen LogP contribution in [0.5, 0.6) is 0 Å². The van der Waals surface area contributed by atoms with Crippen LogP contribution >= 0.6 is 11.8 Å². The van der Waals surface area contributed by atoms with Crippen molar-refractivity contribution in [3.8, 4) is 0 Å². The minimum atomic E-state index is -0.410. The Morgan fingerprint density at radius 2 is 2.28 bits per heavy atom. The Morgan fingerprint density at radius 3 is 2.89 bits per heavy atom. The van der Waals surface area contributed by atoms with Crippen molar-refractivity contribution in [1.29, 1.82) is 0 Å². The van der Waals surface area contributed by atoms with E-state index in [9.17, 15) is 4.79 Å². The lowest BCUT2D eigenvalue weighted by molar-refractivity contribution is -0.131. The van der Waals surface area contributed by atoms with Crippen LogP contribution in [0.2, 0.25) is 0 Å².